The molecule has 0 radical (unpaired) electrons. The van der Waals surface area contributed by atoms with E-state index in [1.54, 1.807) is 11.8 Å². The second kappa shape index (κ2) is 7.22. The van der Waals surface area contributed by atoms with E-state index >= 15 is 0 Å². The Balaban J connectivity index is 1.75. The van der Waals surface area contributed by atoms with Crippen molar-refractivity contribution >= 4 is 23.4 Å². The number of halogens is 1. The maximum absolute atomic E-state index is 5.93. The minimum atomic E-state index is 0.151. The number of hydrogen-bond acceptors (Lipinski definition) is 3. The van der Waals surface area contributed by atoms with Crippen LogP contribution < -0.4 is 0 Å². The zero-order chi connectivity index (χ0) is 18.0. The summed E-state index contributed by atoms with van der Waals surface area (Å²) in [5, 5.41) is 10.4. The molecule has 0 aliphatic rings. The number of nitrogens with zero attached hydrogens (tertiary/aromatic N) is 3. The van der Waals surface area contributed by atoms with Gasteiger partial charge >= 0.3 is 0 Å². The lowest BCUT2D eigenvalue weighted by atomic mass is 9.87. The first kappa shape index (κ1) is 18.0. The van der Waals surface area contributed by atoms with Gasteiger partial charge in [-0.25, -0.2) is 0 Å². The van der Waals surface area contributed by atoms with Crippen LogP contribution in [0, 0.1) is 0 Å². The summed E-state index contributed by atoms with van der Waals surface area (Å²) in [6.45, 7) is 6.65. The Bertz CT molecular complexity index is 846. The van der Waals surface area contributed by atoms with E-state index in [2.05, 4.69) is 55.2 Å². The SMILES string of the molecule is Cn1c(SCc2ccc(Cl)cc2)nnc1-c1ccc(C(C)(C)C)cc1. The van der Waals surface area contributed by atoms with E-state index in [1.165, 1.54) is 11.1 Å². The monoisotopic (exact) mass is 371 g/mol. The van der Waals surface area contributed by atoms with Crippen molar-refractivity contribution in [1.82, 2.24) is 14.8 Å². The van der Waals surface area contributed by atoms with Crippen LogP contribution in [-0.4, -0.2) is 14.8 Å². The molecule has 3 aromatic rings. The molecule has 0 bridgehead atoms. The zero-order valence-electron chi connectivity index (χ0n) is 15.0. The Morgan fingerprint density at radius 2 is 1.60 bits per heavy atom. The van der Waals surface area contributed by atoms with E-state index in [-0.39, 0.29) is 5.41 Å². The molecular formula is C20H22ClN3S. The Hall–Kier alpha value is -1.78. The van der Waals surface area contributed by atoms with E-state index < -0.39 is 0 Å². The highest BCUT2D eigenvalue weighted by molar-refractivity contribution is 7.98. The molecule has 0 spiro atoms. The van der Waals surface area contributed by atoms with Crippen LogP contribution in [0.2, 0.25) is 5.02 Å². The Labute approximate surface area is 158 Å². The third-order valence-electron chi connectivity index (χ3n) is 4.13. The summed E-state index contributed by atoms with van der Waals surface area (Å²) in [5.41, 5.74) is 3.77. The molecule has 130 valence electrons. The number of rotatable bonds is 4. The lowest BCUT2D eigenvalue weighted by molar-refractivity contribution is 0.590. The third kappa shape index (κ3) is 4.25. The molecule has 3 rings (SSSR count). The van der Waals surface area contributed by atoms with Crippen LogP contribution in [0.5, 0.6) is 0 Å². The van der Waals surface area contributed by atoms with E-state index in [0.717, 1.165) is 27.3 Å². The lowest BCUT2D eigenvalue weighted by Crippen LogP contribution is -2.10. The lowest BCUT2D eigenvalue weighted by Gasteiger charge is -2.19. The van der Waals surface area contributed by atoms with Crippen molar-refractivity contribution in [3.8, 4) is 11.4 Å². The average Bonchev–Trinajstić information content (AvgIpc) is 2.94. The maximum Gasteiger partial charge on any atom is 0.191 e. The molecule has 0 N–H and O–H groups in total. The number of thioether (sulfide) groups is 1. The molecule has 0 fully saturated rings. The summed E-state index contributed by atoms with van der Waals surface area (Å²) in [7, 11) is 2.01. The molecule has 0 atom stereocenters. The number of benzene rings is 2. The first-order valence-electron chi connectivity index (χ1n) is 8.22. The van der Waals surface area contributed by atoms with Gasteiger partial charge in [-0.3, -0.25) is 0 Å². The van der Waals surface area contributed by atoms with Crippen LogP contribution in [0.25, 0.3) is 11.4 Å². The topological polar surface area (TPSA) is 30.7 Å². The fourth-order valence-electron chi connectivity index (χ4n) is 2.54. The highest BCUT2D eigenvalue weighted by atomic mass is 35.5. The van der Waals surface area contributed by atoms with Gasteiger partial charge in [-0.2, -0.15) is 0 Å². The summed E-state index contributed by atoms with van der Waals surface area (Å²) < 4.78 is 2.05. The molecule has 2 aromatic carbocycles. The van der Waals surface area contributed by atoms with Gasteiger partial charge in [0.25, 0.3) is 0 Å². The predicted octanol–water partition coefficient (Wildman–Crippen LogP) is 5.73. The standard InChI is InChI=1S/C20H22ClN3S/c1-20(2,3)16-9-7-15(8-10-16)18-22-23-19(24(18)4)25-13-14-5-11-17(21)12-6-14/h5-12H,13H2,1-4H3. The average molecular weight is 372 g/mol. The maximum atomic E-state index is 5.93. The van der Waals surface area contributed by atoms with Gasteiger partial charge in [-0.15, -0.1) is 10.2 Å². The number of hydrogen-bond donors (Lipinski definition) is 0. The normalized spacial score (nSPS) is 11.7. The fraction of sp³-hybridized carbons (Fsp3) is 0.300. The van der Waals surface area contributed by atoms with Gasteiger partial charge in [-0.1, -0.05) is 80.5 Å². The number of aromatic nitrogens is 3. The highest BCUT2D eigenvalue weighted by Gasteiger charge is 2.15. The van der Waals surface area contributed by atoms with Crippen LogP contribution in [0.1, 0.15) is 31.9 Å². The smallest absolute Gasteiger partial charge is 0.191 e. The van der Waals surface area contributed by atoms with Crippen molar-refractivity contribution in [3.63, 3.8) is 0 Å². The van der Waals surface area contributed by atoms with E-state index in [0.29, 0.717) is 0 Å². The van der Waals surface area contributed by atoms with Crippen LogP contribution in [0.4, 0.5) is 0 Å². The summed E-state index contributed by atoms with van der Waals surface area (Å²) in [6.07, 6.45) is 0. The van der Waals surface area contributed by atoms with Crippen molar-refractivity contribution < 1.29 is 0 Å². The first-order chi connectivity index (χ1) is 11.8. The van der Waals surface area contributed by atoms with Gasteiger partial charge in [0.1, 0.15) is 0 Å². The van der Waals surface area contributed by atoms with Gasteiger partial charge in [0.05, 0.1) is 0 Å². The van der Waals surface area contributed by atoms with Crippen LogP contribution in [-0.2, 0) is 18.2 Å². The van der Waals surface area contributed by atoms with Crippen molar-refractivity contribution in [1.29, 1.82) is 0 Å². The molecule has 0 aliphatic carbocycles. The Morgan fingerprint density at radius 1 is 0.960 bits per heavy atom. The Kier molecular flexibility index (Phi) is 5.21. The van der Waals surface area contributed by atoms with Crippen molar-refractivity contribution in [3.05, 3.63) is 64.7 Å². The predicted molar refractivity (Wildman–Crippen MR) is 106 cm³/mol. The van der Waals surface area contributed by atoms with Crippen molar-refractivity contribution in [2.45, 2.75) is 37.1 Å². The van der Waals surface area contributed by atoms with Crippen LogP contribution in [0.15, 0.2) is 53.7 Å². The highest BCUT2D eigenvalue weighted by Crippen LogP contribution is 2.28. The minimum absolute atomic E-state index is 0.151. The summed E-state index contributed by atoms with van der Waals surface area (Å²) in [6, 6.07) is 16.5. The zero-order valence-corrected chi connectivity index (χ0v) is 16.5. The van der Waals surface area contributed by atoms with E-state index in [4.69, 9.17) is 11.6 Å². The summed E-state index contributed by atoms with van der Waals surface area (Å²) in [5.74, 6) is 1.73. The fourth-order valence-corrected chi connectivity index (χ4v) is 3.53. The molecule has 3 nitrogen and oxygen atoms in total. The molecule has 0 saturated carbocycles. The molecule has 0 amide bonds. The molecule has 25 heavy (non-hydrogen) atoms. The van der Waals surface area contributed by atoms with Gasteiger partial charge in [0, 0.05) is 23.4 Å². The van der Waals surface area contributed by atoms with E-state index in [9.17, 15) is 0 Å². The molecular weight excluding hydrogens is 350 g/mol. The molecule has 5 heteroatoms. The van der Waals surface area contributed by atoms with Crippen molar-refractivity contribution in [2.75, 3.05) is 0 Å². The largest absolute Gasteiger partial charge is 0.305 e. The van der Waals surface area contributed by atoms with E-state index in [1.807, 2.05) is 35.9 Å². The third-order valence-corrected chi connectivity index (χ3v) is 5.47. The van der Waals surface area contributed by atoms with Gasteiger partial charge in [-0.05, 0) is 28.7 Å². The summed E-state index contributed by atoms with van der Waals surface area (Å²) >= 11 is 7.61. The second-order valence-electron chi connectivity index (χ2n) is 7.11. The Morgan fingerprint density at radius 3 is 2.20 bits per heavy atom. The molecule has 1 aromatic heterocycles. The van der Waals surface area contributed by atoms with Crippen LogP contribution >= 0.6 is 23.4 Å². The quantitative estimate of drug-likeness (QED) is 0.549. The molecule has 0 saturated heterocycles. The second-order valence-corrected chi connectivity index (χ2v) is 8.49. The summed E-state index contributed by atoms with van der Waals surface area (Å²) in [4.78, 5) is 0. The first-order valence-corrected chi connectivity index (χ1v) is 9.58. The minimum Gasteiger partial charge on any atom is -0.305 e. The van der Waals surface area contributed by atoms with Gasteiger partial charge < -0.3 is 4.57 Å². The van der Waals surface area contributed by atoms with Gasteiger partial charge in [0.2, 0.25) is 0 Å². The van der Waals surface area contributed by atoms with Crippen molar-refractivity contribution in [2.24, 2.45) is 7.05 Å². The van der Waals surface area contributed by atoms with Crippen LogP contribution in [0.3, 0.4) is 0 Å². The molecule has 1 heterocycles. The molecule has 0 aliphatic heterocycles. The van der Waals surface area contributed by atoms with Gasteiger partial charge in [0.15, 0.2) is 11.0 Å². The molecule has 0 unspecified atom stereocenters.